The number of amides is 1. The maximum Gasteiger partial charge on any atom is 0.235 e. The molecule has 1 aromatic rings. The first kappa shape index (κ1) is 15.4. The highest BCUT2D eigenvalue weighted by Crippen LogP contribution is 2.26. The average molecular weight is 293 g/mol. The quantitative estimate of drug-likeness (QED) is 0.867. The molecule has 1 aliphatic rings. The lowest BCUT2D eigenvalue weighted by Crippen LogP contribution is -2.37. The van der Waals surface area contributed by atoms with Gasteiger partial charge in [0.25, 0.3) is 0 Å². The van der Waals surface area contributed by atoms with E-state index in [1.54, 1.807) is 11.8 Å². The Bertz CT molecular complexity index is 442. The number of thioether (sulfide) groups is 1. The molecule has 1 aromatic carbocycles. The van der Waals surface area contributed by atoms with Gasteiger partial charge < -0.3 is 10.0 Å². The van der Waals surface area contributed by atoms with Crippen LogP contribution < -0.4 is 0 Å². The zero-order chi connectivity index (χ0) is 14.4. The molecule has 1 unspecified atom stereocenters. The van der Waals surface area contributed by atoms with Crippen LogP contribution in [-0.2, 0) is 11.4 Å². The fourth-order valence-corrected chi connectivity index (χ4v) is 3.55. The van der Waals surface area contributed by atoms with E-state index in [0.717, 1.165) is 36.4 Å². The highest BCUT2D eigenvalue weighted by molar-refractivity contribution is 8.00. The number of hydrogen-bond acceptors (Lipinski definition) is 3. The van der Waals surface area contributed by atoms with Gasteiger partial charge in [0.05, 0.1) is 11.9 Å². The summed E-state index contributed by atoms with van der Waals surface area (Å²) < 4.78 is 0. The molecule has 3 nitrogen and oxygen atoms in total. The van der Waals surface area contributed by atoms with Gasteiger partial charge in [-0.25, -0.2) is 0 Å². The second-order valence-electron chi connectivity index (χ2n) is 5.31. The van der Waals surface area contributed by atoms with Crippen LogP contribution in [0, 0.1) is 0 Å². The summed E-state index contributed by atoms with van der Waals surface area (Å²) in [6.45, 7) is 3.83. The van der Waals surface area contributed by atoms with E-state index in [1.165, 1.54) is 12.8 Å². The third kappa shape index (κ3) is 4.25. The Balaban J connectivity index is 1.95. The lowest BCUT2D eigenvalue weighted by molar-refractivity contribution is -0.130. The van der Waals surface area contributed by atoms with Gasteiger partial charge in [0.2, 0.25) is 5.91 Å². The van der Waals surface area contributed by atoms with Crippen molar-refractivity contribution in [2.75, 3.05) is 13.1 Å². The van der Waals surface area contributed by atoms with Crippen LogP contribution >= 0.6 is 11.8 Å². The van der Waals surface area contributed by atoms with Crippen LogP contribution in [0.5, 0.6) is 0 Å². The van der Waals surface area contributed by atoms with Gasteiger partial charge in [0, 0.05) is 18.0 Å². The summed E-state index contributed by atoms with van der Waals surface area (Å²) in [5.41, 5.74) is 0.893. The molecule has 1 aliphatic heterocycles. The smallest absolute Gasteiger partial charge is 0.235 e. The molecule has 110 valence electrons. The number of carbonyl (C=O) groups excluding carboxylic acids is 1. The standard InChI is InChI=1S/C16H23NO2S/c1-13(16(19)17-9-4-2-3-5-10-17)20-15-8-6-7-14(11-15)12-18/h6-8,11,13,18H,2-5,9-10,12H2,1H3. The van der Waals surface area contributed by atoms with Crippen molar-refractivity contribution in [2.24, 2.45) is 0 Å². The topological polar surface area (TPSA) is 40.5 Å². The minimum absolute atomic E-state index is 0.0445. The van der Waals surface area contributed by atoms with Gasteiger partial charge in [-0.05, 0) is 37.5 Å². The predicted octanol–water partition coefficient (Wildman–Crippen LogP) is 3.06. The number of rotatable bonds is 4. The largest absolute Gasteiger partial charge is 0.392 e. The van der Waals surface area contributed by atoms with Crippen molar-refractivity contribution in [3.05, 3.63) is 29.8 Å². The van der Waals surface area contributed by atoms with Gasteiger partial charge in [0.1, 0.15) is 0 Å². The zero-order valence-corrected chi connectivity index (χ0v) is 12.9. The Hall–Kier alpha value is -1.00. The number of aliphatic hydroxyl groups excluding tert-OH is 1. The second kappa shape index (κ2) is 7.70. The monoisotopic (exact) mass is 293 g/mol. The fraction of sp³-hybridized carbons (Fsp3) is 0.562. The molecule has 0 spiro atoms. The first-order chi connectivity index (χ1) is 9.70. The van der Waals surface area contributed by atoms with Crippen LogP contribution in [0.25, 0.3) is 0 Å². The molecule has 1 amide bonds. The maximum atomic E-state index is 12.5. The molecule has 1 saturated heterocycles. The Kier molecular flexibility index (Phi) is 5.92. The summed E-state index contributed by atoms with van der Waals surface area (Å²) in [6, 6.07) is 7.77. The van der Waals surface area contributed by atoms with Crippen LogP contribution in [0.15, 0.2) is 29.2 Å². The number of carbonyl (C=O) groups is 1. The molecule has 0 bridgehead atoms. The molecule has 1 fully saturated rings. The summed E-state index contributed by atoms with van der Waals surface area (Å²) in [7, 11) is 0. The summed E-state index contributed by atoms with van der Waals surface area (Å²) in [5, 5.41) is 9.09. The van der Waals surface area contributed by atoms with Crippen LogP contribution in [0.4, 0.5) is 0 Å². The predicted molar refractivity (Wildman–Crippen MR) is 82.7 cm³/mol. The SMILES string of the molecule is CC(Sc1cccc(CO)c1)C(=O)N1CCCCCC1. The average Bonchev–Trinajstić information content (AvgIpc) is 2.75. The van der Waals surface area contributed by atoms with Crippen molar-refractivity contribution in [2.45, 2.75) is 49.4 Å². The highest BCUT2D eigenvalue weighted by Gasteiger charge is 2.22. The number of aliphatic hydroxyl groups is 1. The van der Waals surface area contributed by atoms with Gasteiger partial charge in [-0.1, -0.05) is 25.0 Å². The molecule has 0 aliphatic carbocycles. The van der Waals surface area contributed by atoms with Crippen LogP contribution in [0.3, 0.4) is 0 Å². The zero-order valence-electron chi connectivity index (χ0n) is 12.0. The van der Waals surface area contributed by atoms with Crippen LogP contribution in [0.2, 0.25) is 0 Å². The Morgan fingerprint density at radius 3 is 2.65 bits per heavy atom. The molecule has 1 N–H and O–H groups in total. The third-order valence-corrected chi connectivity index (χ3v) is 4.74. The lowest BCUT2D eigenvalue weighted by atomic mass is 10.2. The van der Waals surface area contributed by atoms with E-state index in [9.17, 15) is 4.79 Å². The van der Waals surface area contributed by atoms with Crippen LogP contribution in [-0.4, -0.2) is 34.3 Å². The van der Waals surface area contributed by atoms with Gasteiger partial charge in [0.15, 0.2) is 0 Å². The van der Waals surface area contributed by atoms with Gasteiger partial charge in [-0.3, -0.25) is 4.79 Å². The third-order valence-electron chi connectivity index (χ3n) is 3.66. The summed E-state index contributed by atoms with van der Waals surface area (Å²) >= 11 is 1.58. The number of nitrogens with zero attached hydrogens (tertiary/aromatic N) is 1. The Morgan fingerprint density at radius 2 is 2.00 bits per heavy atom. The van der Waals surface area contributed by atoms with Crippen molar-refractivity contribution in [3.63, 3.8) is 0 Å². The fourth-order valence-electron chi connectivity index (χ4n) is 2.52. The molecule has 4 heteroatoms. The van der Waals surface area contributed by atoms with Crippen molar-refractivity contribution < 1.29 is 9.90 Å². The van der Waals surface area contributed by atoms with E-state index in [0.29, 0.717) is 0 Å². The highest BCUT2D eigenvalue weighted by atomic mass is 32.2. The lowest BCUT2D eigenvalue weighted by Gasteiger charge is -2.23. The van der Waals surface area contributed by atoms with E-state index in [2.05, 4.69) is 0 Å². The first-order valence-electron chi connectivity index (χ1n) is 7.36. The second-order valence-corrected chi connectivity index (χ2v) is 6.72. The minimum Gasteiger partial charge on any atom is -0.392 e. The van der Waals surface area contributed by atoms with Gasteiger partial charge in [-0.15, -0.1) is 11.8 Å². The molecule has 0 radical (unpaired) electrons. The van der Waals surface area contributed by atoms with Crippen molar-refractivity contribution >= 4 is 17.7 Å². The Labute approximate surface area is 125 Å². The number of hydrogen-bond donors (Lipinski definition) is 1. The Morgan fingerprint density at radius 1 is 1.30 bits per heavy atom. The molecular formula is C16H23NO2S. The van der Waals surface area contributed by atoms with Crippen molar-refractivity contribution in [1.29, 1.82) is 0 Å². The van der Waals surface area contributed by atoms with Crippen LogP contribution in [0.1, 0.15) is 38.2 Å². The molecule has 2 rings (SSSR count). The molecule has 0 aromatic heterocycles. The van der Waals surface area contributed by atoms with E-state index in [4.69, 9.17) is 5.11 Å². The number of likely N-dealkylation sites (tertiary alicyclic amines) is 1. The maximum absolute atomic E-state index is 12.5. The minimum atomic E-state index is -0.0676. The van der Waals surface area contributed by atoms with Gasteiger partial charge in [-0.2, -0.15) is 0 Å². The first-order valence-corrected chi connectivity index (χ1v) is 8.24. The van der Waals surface area contributed by atoms with E-state index >= 15 is 0 Å². The molecular weight excluding hydrogens is 270 g/mol. The van der Waals surface area contributed by atoms with E-state index in [1.807, 2.05) is 36.1 Å². The van der Waals surface area contributed by atoms with Crippen molar-refractivity contribution in [3.8, 4) is 0 Å². The molecule has 1 atom stereocenters. The molecule has 0 saturated carbocycles. The molecule has 1 heterocycles. The molecule has 20 heavy (non-hydrogen) atoms. The van der Waals surface area contributed by atoms with Crippen molar-refractivity contribution in [1.82, 2.24) is 4.90 Å². The van der Waals surface area contributed by atoms with Gasteiger partial charge >= 0.3 is 0 Å². The summed E-state index contributed by atoms with van der Waals surface area (Å²) in [5.74, 6) is 0.242. The summed E-state index contributed by atoms with van der Waals surface area (Å²) in [4.78, 5) is 15.5. The number of benzene rings is 1. The summed E-state index contributed by atoms with van der Waals surface area (Å²) in [6.07, 6.45) is 4.74. The van der Waals surface area contributed by atoms with E-state index < -0.39 is 0 Å². The normalized spacial score (nSPS) is 17.6. The van der Waals surface area contributed by atoms with E-state index in [-0.39, 0.29) is 17.8 Å².